The summed E-state index contributed by atoms with van der Waals surface area (Å²) >= 11 is 3.12. The Bertz CT molecular complexity index is 535. The first-order chi connectivity index (χ1) is 10.4. The Morgan fingerprint density at radius 2 is 2.14 bits per heavy atom. The number of ether oxygens (including phenoxy) is 1. The first-order valence-corrected chi connectivity index (χ1v) is 7.70. The van der Waals surface area contributed by atoms with Gasteiger partial charge in [-0.25, -0.2) is 13.8 Å². The number of aromatic nitrogens is 1. The van der Waals surface area contributed by atoms with Gasteiger partial charge in [0.25, 0.3) is 11.8 Å². The highest BCUT2D eigenvalue weighted by molar-refractivity contribution is 9.10. The van der Waals surface area contributed by atoms with Crippen molar-refractivity contribution in [3.05, 3.63) is 26.9 Å². The molecule has 6 nitrogen and oxygen atoms in total. The predicted octanol–water partition coefficient (Wildman–Crippen LogP) is 3.25. The lowest BCUT2D eigenvalue weighted by Gasteiger charge is -2.31. The molecule has 2 rings (SSSR count). The highest BCUT2D eigenvalue weighted by atomic mass is 79.9. The molecular formula is C13H16BrF2N3O3. The molecular weight excluding hydrogens is 364 g/mol. The zero-order chi connectivity index (χ0) is 16.2. The van der Waals surface area contributed by atoms with E-state index in [1.807, 2.05) is 4.90 Å². The molecule has 2 heterocycles. The fraction of sp³-hybridized carbons (Fsp3) is 0.615. The van der Waals surface area contributed by atoms with Crippen molar-refractivity contribution in [3.8, 4) is 5.88 Å². The molecule has 0 N–H and O–H groups in total. The summed E-state index contributed by atoms with van der Waals surface area (Å²) < 4.78 is 31.9. The van der Waals surface area contributed by atoms with Gasteiger partial charge in [0, 0.05) is 49.2 Å². The van der Waals surface area contributed by atoms with E-state index in [0.29, 0.717) is 30.5 Å². The summed E-state index contributed by atoms with van der Waals surface area (Å²) in [4.78, 5) is 16.2. The number of nitro groups is 1. The average Bonchev–Trinajstić information content (AvgIpc) is 2.46. The van der Waals surface area contributed by atoms with Crippen LogP contribution in [0.5, 0.6) is 5.88 Å². The van der Waals surface area contributed by atoms with Gasteiger partial charge in [0.1, 0.15) is 0 Å². The van der Waals surface area contributed by atoms with E-state index in [-0.39, 0.29) is 31.0 Å². The van der Waals surface area contributed by atoms with Gasteiger partial charge in [0.15, 0.2) is 0 Å². The molecule has 1 fully saturated rings. The molecule has 0 spiro atoms. The fourth-order valence-electron chi connectivity index (χ4n) is 2.22. The number of nitrogens with zero attached hydrogens (tertiary/aromatic N) is 3. The summed E-state index contributed by atoms with van der Waals surface area (Å²) in [6.07, 6.45) is 1.79. The van der Waals surface area contributed by atoms with Crippen LogP contribution in [0.3, 0.4) is 0 Å². The molecule has 22 heavy (non-hydrogen) atoms. The van der Waals surface area contributed by atoms with E-state index in [0.717, 1.165) is 0 Å². The lowest BCUT2D eigenvalue weighted by atomic mass is 10.1. The second-order valence-corrected chi connectivity index (χ2v) is 6.05. The molecule has 0 amide bonds. The molecule has 0 atom stereocenters. The number of alkyl halides is 2. The highest BCUT2D eigenvalue weighted by Gasteiger charge is 2.33. The van der Waals surface area contributed by atoms with Gasteiger partial charge in [-0.3, -0.25) is 10.1 Å². The Balaban J connectivity index is 1.77. The van der Waals surface area contributed by atoms with Crippen LogP contribution >= 0.6 is 15.9 Å². The van der Waals surface area contributed by atoms with Crippen LogP contribution in [-0.4, -0.2) is 47.0 Å². The Morgan fingerprint density at radius 3 is 2.77 bits per heavy atom. The minimum Gasteiger partial charge on any atom is -0.473 e. The fourth-order valence-corrected chi connectivity index (χ4v) is 2.54. The van der Waals surface area contributed by atoms with Crippen molar-refractivity contribution in [2.45, 2.75) is 25.2 Å². The highest BCUT2D eigenvalue weighted by Crippen LogP contribution is 2.28. The van der Waals surface area contributed by atoms with Crippen LogP contribution in [0.25, 0.3) is 0 Å². The van der Waals surface area contributed by atoms with Gasteiger partial charge in [-0.05, 0) is 22.4 Å². The van der Waals surface area contributed by atoms with Crippen LogP contribution in [0.4, 0.5) is 14.5 Å². The van der Waals surface area contributed by atoms with E-state index in [1.54, 1.807) is 0 Å². The first kappa shape index (κ1) is 17.0. The van der Waals surface area contributed by atoms with Gasteiger partial charge < -0.3 is 9.64 Å². The molecule has 0 unspecified atom stereocenters. The molecule has 0 saturated carbocycles. The van der Waals surface area contributed by atoms with Gasteiger partial charge in [-0.2, -0.15) is 0 Å². The number of hydrogen-bond donors (Lipinski definition) is 0. The van der Waals surface area contributed by atoms with Crippen molar-refractivity contribution in [2.24, 2.45) is 0 Å². The zero-order valence-electron chi connectivity index (χ0n) is 11.8. The largest absolute Gasteiger partial charge is 0.473 e. The molecule has 1 aromatic heterocycles. The van der Waals surface area contributed by atoms with Gasteiger partial charge >= 0.3 is 5.69 Å². The molecule has 9 heteroatoms. The third-order valence-corrected chi connectivity index (χ3v) is 3.87. The topological polar surface area (TPSA) is 68.5 Å². The summed E-state index contributed by atoms with van der Waals surface area (Å²) in [6, 6.07) is 1.33. The van der Waals surface area contributed by atoms with Crippen molar-refractivity contribution in [2.75, 3.05) is 26.2 Å². The SMILES string of the molecule is O=[N+]([O-])c1cc(Br)cnc1OCCCN1CCC(F)(F)CC1. The Morgan fingerprint density at radius 1 is 1.45 bits per heavy atom. The third-order valence-electron chi connectivity index (χ3n) is 3.44. The zero-order valence-corrected chi connectivity index (χ0v) is 13.4. The van der Waals surface area contributed by atoms with E-state index >= 15 is 0 Å². The third kappa shape index (κ3) is 4.84. The van der Waals surface area contributed by atoms with E-state index in [4.69, 9.17) is 4.74 Å². The molecule has 0 bridgehead atoms. The second-order valence-electron chi connectivity index (χ2n) is 5.13. The van der Waals surface area contributed by atoms with Gasteiger partial charge in [0.2, 0.25) is 0 Å². The van der Waals surface area contributed by atoms with Crippen LogP contribution in [0, 0.1) is 10.1 Å². The van der Waals surface area contributed by atoms with Crippen LogP contribution in [0.1, 0.15) is 19.3 Å². The molecule has 1 saturated heterocycles. The van der Waals surface area contributed by atoms with Crippen molar-refractivity contribution < 1.29 is 18.4 Å². The van der Waals surface area contributed by atoms with E-state index in [1.165, 1.54) is 12.3 Å². The summed E-state index contributed by atoms with van der Waals surface area (Å²) in [7, 11) is 0. The first-order valence-electron chi connectivity index (χ1n) is 6.90. The van der Waals surface area contributed by atoms with E-state index in [9.17, 15) is 18.9 Å². The number of pyridine rings is 1. The van der Waals surface area contributed by atoms with Crippen LogP contribution in [-0.2, 0) is 0 Å². The maximum atomic E-state index is 13.0. The smallest absolute Gasteiger partial charge is 0.332 e. The normalized spacial score (nSPS) is 18.1. The summed E-state index contributed by atoms with van der Waals surface area (Å²) in [5.41, 5.74) is -0.202. The summed E-state index contributed by atoms with van der Waals surface area (Å²) in [5, 5.41) is 10.9. The van der Waals surface area contributed by atoms with Crippen LogP contribution < -0.4 is 4.74 Å². The number of likely N-dealkylation sites (tertiary alicyclic amines) is 1. The van der Waals surface area contributed by atoms with Gasteiger partial charge in [-0.1, -0.05) is 0 Å². The minimum atomic E-state index is -2.55. The quantitative estimate of drug-likeness (QED) is 0.431. The number of halogens is 3. The maximum absolute atomic E-state index is 13.0. The molecule has 1 aliphatic heterocycles. The monoisotopic (exact) mass is 379 g/mol. The number of hydrogen-bond acceptors (Lipinski definition) is 5. The molecule has 1 aliphatic rings. The molecule has 1 aromatic rings. The van der Waals surface area contributed by atoms with Crippen molar-refractivity contribution >= 4 is 21.6 Å². The van der Waals surface area contributed by atoms with Crippen molar-refractivity contribution in [3.63, 3.8) is 0 Å². The minimum absolute atomic E-state index is 0.0293. The van der Waals surface area contributed by atoms with Crippen molar-refractivity contribution in [1.82, 2.24) is 9.88 Å². The Kier molecular flexibility index (Phi) is 5.63. The van der Waals surface area contributed by atoms with E-state index in [2.05, 4.69) is 20.9 Å². The van der Waals surface area contributed by atoms with Crippen LogP contribution in [0.15, 0.2) is 16.7 Å². The average molecular weight is 380 g/mol. The van der Waals surface area contributed by atoms with Gasteiger partial charge in [-0.15, -0.1) is 0 Å². The number of piperidine rings is 1. The Hall–Kier alpha value is -1.35. The molecule has 0 aliphatic carbocycles. The standard InChI is InChI=1S/C13H16BrF2N3O3/c14-10-8-11(19(20)21)12(17-9-10)22-7-1-4-18-5-2-13(15,16)3-6-18/h8-9H,1-7H2. The van der Waals surface area contributed by atoms with Crippen molar-refractivity contribution in [1.29, 1.82) is 0 Å². The summed E-state index contributed by atoms with van der Waals surface area (Å²) in [6.45, 7) is 1.61. The van der Waals surface area contributed by atoms with Gasteiger partial charge in [0.05, 0.1) is 11.5 Å². The summed E-state index contributed by atoms with van der Waals surface area (Å²) in [5.74, 6) is -2.58. The molecule has 122 valence electrons. The predicted molar refractivity (Wildman–Crippen MR) is 79.3 cm³/mol. The Labute approximate surface area is 134 Å². The molecule has 0 aromatic carbocycles. The van der Waals surface area contributed by atoms with Crippen LogP contribution in [0.2, 0.25) is 0 Å². The second kappa shape index (κ2) is 7.28. The lowest BCUT2D eigenvalue weighted by molar-refractivity contribution is -0.386. The maximum Gasteiger partial charge on any atom is 0.332 e. The lowest BCUT2D eigenvalue weighted by Crippen LogP contribution is -2.40. The van der Waals surface area contributed by atoms with E-state index < -0.39 is 10.8 Å². The number of rotatable bonds is 6. The molecule has 0 radical (unpaired) electrons.